The molecule has 20 heavy (non-hydrogen) atoms. The van der Waals surface area contributed by atoms with E-state index < -0.39 is 5.91 Å². The Morgan fingerprint density at radius 2 is 2.15 bits per heavy atom. The average molecular weight is 272 g/mol. The molecular weight excluding hydrogens is 256 g/mol. The van der Waals surface area contributed by atoms with Gasteiger partial charge in [-0.2, -0.15) is 0 Å². The third kappa shape index (κ3) is 3.17. The number of aromatic nitrogens is 1. The van der Waals surface area contributed by atoms with Gasteiger partial charge in [0.15, 0.2) is 0 Å². The number of nitrogens with zero attached hydrogens (tertiary/aromatic N) is 1. The first kappa shape index (κ1) is 13.7. The van der Waals surface area contributed by atoms with Crippen LogP contribution in [0.3, 0.4) is 0 Å². The van der Waals surface area contributed by atoms with E-state index in [1.807, 2.05) is 12.1 Å². The van der Waals surface area contributed by atoms with Crippen molar-refractivity contribution in [3.63, 3.8) is 0 Å². The van der Waals surface area contributed by atoms with Gasteiger partial charge in [-0.3, -0.25) is 4.79 Å². The number of benzene rings is 1. The van der Waals surface area contributed by atoms with Gasteiger partial charge in [0.05, 0.1) is 12.7 Å². The number of hydrogen-bond donors (Lipinski definition) is 3. The van der Waals surface area contributed by atoms with Crippen LogP contribution in [0.15, 0.2) is 36.5 Å². The summed E-state index contributed by atoms with van der Waals surface area (Å²) in [5.41, 5.74) is 13.5. The number of methoxy groups -OCH3 is 1. The number of hydrogen-bond acceptors (Lipinski definition) is 5. The molecule has 2 rings (SSSR count). The van der Waals surface area contributed by atoms with Crippen molar-refractivity contribution in [3.8, 4) is 5.88 Å². The molecule has 6 heteroatoms. The number of carbonyl (C=O) groups is 1. The summed E-state index contributed by atoms with van der Waals surface area (Å²) in [5, 5.41) is 3.15. The lowest BCUT2D eigenvalue weighted by Gasteiger charge is -2.11. The van der Waals surface area contributed by atoms with Gasteiger partial charge >= 0.3 is 0 Å². The van der Waals surface area contributed by atoms with Crippen LogP contribution in [-0.4, -0.2) is 18.0 Å². The van der Waals surface area contributed by atoms with E-state index in [0.717, 1.165) is 5.56 Å². The van der Waals surface area contributed by atoms with Crippen LogP contribution in [0.5, 0.6) is 5.88 Å². The molecule has 6 nitrogen and oxygen atoms in total. The van der Waals surface area contributed by atoms with Crippen LogP contribution in [0.4, 0.5) is 11.4 Å². The summed E-state index contributed by atoms with van der Waals surface area (Å²) in [4.78, 5) is 15.4. The Kier molecular flexibility index (Phi) is 4.05. The van der Waals surface area contributed by atoms with Crippen LogP contribution >= 0.6 is 0 Å². The Morgan fingerprint density at radius 3 is 2.85 bits per heavy atom. The normalized spacial score (nSPS) is 10.1. The Morgan fingerprint density at radius 1 is 1.35 bits per heavy atom. The van der Waals surface area contributed by atoms with Gasteiger partial charge in [-0.1, -0.05) is 0 Å². The second-order valence-corrected chi connectivity index (χ2v) is 4.23. The molecule has 1 aromatic carbocycles. The van der Waals surface area contributed by atoms with E-state index in [4.69, 9.17) is 16.2 Å². The minimum absolute atomic E-state index is 0.367. The summed E-state index contributed by atoms with van der Waals surface area (Å²) >= 11 is 0. The van der Waals surface area contributed by atoms with E-state index in [1.54, 1.807) is 31.5 Å². The zero-order valence-electron chi connectivity index (χ0n) is 11.1. The first-order valence-electron chi connectivity index (χ1n) is 6.02. The second-order valence-electron chi connectivity index (χ2n) is 4.23. The third-order valence-corrected chi connectivity index (χ3v) is 2.80. The fourth-order valence-corrected chi connectivity index (χ4v) is 1.79. The number of anilines is 2. The predicted molar refractivity (Wildman–Crippen MR) is 77.5 cm³/mol. The fourth-order valence-electron chi connectivity index (χ4n) is 1.79. The van der Waals surface area contributed by atoms with Gasteiger partial charge in [0.2, 0.25) is 5.88 Å². The van der Waals surface area contributed by atoms with Crippen LogP contribution in [0.1, 0.15) is 15.9 Å². The molecule has 0 fully saturated rings. The maximum absolute atomic E-state index is 11.4. The molecule has 0 saturated carbocycles. The van der Waals surface area contributed by atoms with Crippen LogP contribution < -0.4 is 21.5 Å². The van der Waals surface area contributed by atoms with E-state index >= 15 is 0 Å². The summed E-state index contributed by atoms with van der Waals surface area (Å²) in [7, 11) is 1.56. The van der Waals surface area contributed by atoms with Gasteiger partial charge in [0.1, 0.15) is 0 Å². The quantitative estimate of drug-likeness (QED) is 0.713. The SMILES string of the molecule is COc1cc(CNc2ccc(N)cc2C(N)=O)ccn1. The zero-order chi connectivity index (χ0) is 14.5. The Labute approximate surface area is 116 Å². The summed E-state index contributed by atoms with van der Waals surface area (Å²) in [6, 6.07) is 8.67. The molecule has 0 aliphatic carbocycles. The molecule has 0 aliphatic rings. The van der Waals surface area contributed by atoms with Crippen LogP contribution in [0.2, 0.25) is 0 Å². The monoisotopic (exact) mass is 272 g/mol. The van der Waals surface area contributed by atoms with Crippen molar-refractivity contribution < 1.29 is 9.53 Å². The molecular formula is C14H16N4O2. The highest BCUT2D eigenvalue weighted by Gasteiger charge is 2.08. The number of ether oxygens (including phenoxy) is 1. The largest absolute Gasteiger partial charge is 0.481 e. The first-order valence-corrected chi connectivity index (χ1v) is 6.02. The van der Waals surface area contributed by atoms with Crippen molar-refractivity contribution in [1.82, 2.24) is 4.98 Å². The molecule has 1 heterocycles. The molecule has 1 amide bonds. The minimum Gasteiger partial charge on any atom is -0.481 e. The lowest BCUT2D eigenvalue weighted by Crippen LogP contribution is -2.15. The number of nitrogens with one attached hydrogen (secondary N) is 1. The number of rotatable bonds is 5. The number of amides is 1. The molecule has 1 aromatic heterocycles. The zero-order valence-corrected chi connectivity index (χ0v) is 11.1. The van der Waals surface area contributed by atoms with E-state index in [1.165, 1.54) is 0 Å². The van der Waals surface area contributed by atoms with Gasteiger partial charge < -0.3 is 21.5 Å². The Balaban J connectivity index is 2.16. The number of nitrogens with two attached hydrogens (primary N) is 2. The predicted octanol–water partition coefficient (Wildman–Crippen LogP) is 1.38. The van der Waals surface area contributed by atoms with Gasteiger partial charge in [-0.15, -0.1) is 0 Å². The molecule has 0 bridgehead atoms. The van der Waals surface area contributed by atoms with Gasteiger partial charge in [0.25, 0.3) is 5.91 Å². The highest BCUT2D eigenvalue weighted by molar-refractivity contribution is 5.99. The smallest absolute Gasteiger partial charge is 0.250 e. The van der Waals surface area contributed by atoms with Crippen molar-refractivity contribution in [3.05, 3.63) is 47.7 Å². The second kappa shape index (κ2) is 5.92. The van der Waals surface area contributed by atoms with E-state index in [0.29, 0.717) is 29.4 Å². The van der Waals surface area contributed by atoms with E-state index in [-0.39, 0.29) is 0 Å². The van der Waals surface area contributed by atoms with E-state index in [9.17, 15) is 4.79 Å². The number of carbonyl (C=O) groups excluding carboxylic acids is 1. The molecule has 0 spiro atoms. The highest BCUT2D eigenvalue weighted by Crippen LogP contribution is 2.19. The summed E-state index contributed by atoms with van der Waals surface area (Å²) < 4.78 is 5.06. The van der Waals surface area contributed by atoms with Crippen molar-refractivity contribution in [1.29, 1.82) is 0 Å². The fraction of sp³-hybridized carbons (Fsp3) is 0.143. The maximum Gasteiger partial charge on any atom is 0.250 e. The minimum atomic E-state index is -0.521. The van der Waals surface area contributed by atoms with Crippen LogP contribution in [0, 0.1) is 0 Å². The van der Waals surface area contributed by atoms with Gasteiger partial charge in [-0.05, 0) is 29.8 Å². The molecule has 0 unspecified atom stereocenters. The molecule has 104 valence electrons. The highest BCUT2D eigenvalue weighted by atomic mass is 16.5. The summed E-state index contributed by atoms with van der Waals surface area (Å²) in [6.45, 7) is 0.517. The third-order valence-electron chi connectivity index (χ3n) is 2.80. The lowest BCUT2D eigenvalue weighted by molar-refractivity contribution is 0.100. The number of primary amides is 1. The molecule has 0 radical (unpaired) electrons. The molecule has 2 aromatic rings. The topological polar surface area (TPSA) is 103 Å². The standard InChI is InChI=1S/C14H16N4O2/c1-20-13-6-9(4-5-17-13)8-18-12-3-2-10(15)7-11(12)14(16)19/h2-7,18H,8,15H2,1H3,(H2,16,19). The van der Waals surface area contributed by atoms with E-state index in [2.05, 4.69) is 10.3 Å². The molecule has 0 atom stereocenters. The van der Waals surface area contributed by atoms with Crippen molar-refractivity contribution >= 4 is 17.3 Å². The summed E-state index contributed by atoms with van der Waals surface area (Å²) in [5.74, 6) is 0.0174. The van der Waals surface area contributed by atoms with Gasteiger partial charge in [0, 0.05) is 30.2 Å². The summed E-state index contributed by atoms with van der Waals surface area (Å²) in [6.07, 6.45) is 1.66. The van der Waals surface area contributed by atoms with Crippen molar-refractivity contribution in [2.75, 3.05) is 18.2 Å². The molecule has 0 aliphatic heterocycles. The Bertz CT molecular complexity index is 628. The Hall–Kier alpha value is -2.76. The number of pyridine rings is 1. The van der Waals surface area contributed by atoms with Crippen molar-refractivity contribution in [2.45, 2.75) is 6.54 Å². The van der Waals surface area contributed by atoms with Crippen LogP contribution in [-0.2, 0) is 6.54 Å². The maximum atomic E-state index is 11.4. The number of nitrogen functional groups attached to an aromatic ring is 1. The lowest BCUT2D eigenvalue weighted by atomic mass is 10.1. The molecule has 0 saturated heterocycles. The first-order chi connectivity index (χ1) is 9.60. The average Bonchev–Trinajstić information content (AvgIpc) is 2.46. The van der Waals surface area contributed by atoms with Crippen LogP contribution in [0.25, 0.3) is 0 Å². The molecule has 5 N–H and O–H groups in total. The van der Waals surface area contributed by atoms with Gasteiger partial charge in [-0.25, -0.2) is 4.98 Å². The van der Waals surface area contributed by atoms with Crippen molar-refractivity contribution in [2.24, 2.45) is 5.73 Å².